The molecule has 112 valence electrons. The van der Waals surface area contributed by atoms with Crippen molar-refractivity contribution in [3.05, 3.63) is 62.3 Å². The monoisotopic (exact) mass is 423 g/mol. The second-order valence-electron chi connectivity index (χ2n) is 4.44. The van der Waals surface area contributed by atoms with Gasteiger partial charge in [-0.2, -0.15) is 13.2 Å². The topological polar surface area (TPSA) is 33.1 Å². The molecule has 0 aliphatic rings. The normalized spacial score (nSPS) is 13.2. The van der Waals surface area contributed by atoms with Gasteiger partial charge in [-0.1, -0.05) is 18.2 Å². The Bertz CT molecular complexity index is 646. The minimum absolute atomic E-state index is 0.0527. The lowest BCUT2D eigenvalue weighted by atomic mass is 10.0. The van der Waals surface area contributed by atoms with E-state index in [0.717, 1.165) is 16.6 Å². The molecule has 0 saturated carbocycles. The van der Waals surface area contributed by atoms with Gasteiger partial charge >= 0.3 is 6.18 Å². The van der Waals surface area contributed by atoms with E-state index < -0.39 is 17.8 Å². The summed E-state index contributed by atoms with van der Waals surface area (Å²) < 4.78 is 39.3. The number of rotatable bonds is 3. The fraction of sp³-hybridized carbons (Fsp3) is 0.214. The zero-order chi connectivity index (χ0) is 15.6. The number of alkyl halides is 3. The number of aliphatic hydroxyl groups excluding tert-OH is 1. The number of hydrogen-bond acceptors (Lipinski definition) is 2. The van der Waals surface area contributed by atoms with E-state index in [1.54, 1.807) is 12.1 Å². The highest BCUT2D eigenvalue weighted by Crippen LogP contribution is 2.31. The Morgan fingerprint density at radius 1 is 1.19 bits per heavy atom. The minimum atomic E-state index is -4.39. The van der Waals surface area contributed by atoms with Crippen molar-refractivity contribution in [2.75, 3.05) is 0 Å². The summed E-state index contributed by atoms with van der Waals surface area (Å²) in [6, 6.07) is 6.64. The van der Waals surface area contributed by atoms with Gasteiger partial charge in [-0.25, -0.2) is 0 Å². The summed E-state index contributed by atoms with van der Waals surface area (Å²) in [7, 11) is 0. The van der Waals surface area contributed by atoms with E-state index in [2.05, 4.69) is 36.8 Å². The van der Waals surface area contributed by atoms with E-state index in [0.29, 0.717) is 15.7 Å². The van der Waals surface area contributed by atoms with Crippen LogP contribution in [0.3, 0.4) is 0 Å². The standard InChI is InChI=1S/C14H10Br2F3NO/c15-10-6-11(16)13(20-7-10)12(21)5-8-2-1-3-9(4-8)14(17,18)19/h1-4,6-7,12,21H,5H2. The highest BCUT2D eigenvalue weighted by atomic mass is 79.9. The molecule has 2 aromatic rings. The van der Waals surface area contributed by atoms with Crippen LogP contribution in [0.1, 0.15) is 22.9 Å². The van der Waals surface area contributed by atoms with E-state index >= 15 is 0 Å². The summed E-state index contributed by atoms with van der Waals surface area (Å²) in [4.78, 5) is 4.08. The van der Waals surface area contributed by atoms with Crippen molar-refractivity contribution in [2.24, 2.45) is 0 Å². The van der Waals surface area contributed by atoms with Crippen molar-refractivity contribution in [1.29, 1.82) is 0 Å². The van der Waals surface area contributed by atoms with Crippen molar-refractivity contribution in [3.63, 3.8) is 0 Å². The van der Waals surface area contributed by atoms with Gasteiger partial charge < -0.3 is 5.11 Å². The van der Waals surface area contributed by atoms with Gasteiger partial charge in [-0.05, 0) is 49.6 Å². The third kappa shape index (κ3) is 4.28. The van der Waals surface area contributed by atoms with Gasteiger partial charge in [0.2, 0.25) is 0 Å². The van der Waals surface area contributed by atoms with Gasteiger partial charge in [0.05, 0.1) is 11.3 Å². The molecule has 0 fully saturated rings. The van der Waals surface area contributed by atoms with E-state index in [1.807, 2.05) is 0 Å². The molecule has 1 aromatic heterocycles. The first kappa shape index (κ1) is 16.5. The van der Waals surface area contributed by atoms with Crippen molar-refractivity contribution in [1.82, 2.24) is 4.98 Å². The molecule has 7 heteroatoms. The molecule has 0 amide bonds. The summed E-state index contributed by atoms with van der Waals surface area (Å²) in [6.45, 7) is 0. The van der Waals surface area contributed by atoms with E-state index in [1.165, 1.54) is 12.3 Å². The lowest BCUT2D eigenvalue weighted by Gasteiger charge is -2.13. The predicted molar refractivity (Wildman–Crippen MR) is 79.7 cm³/mol. The van der Waals surface area contributed by atoms with Crippen LogP contribution >= 0.6 is 31.9 Å². The Labute approximate surface area is 136 Å². The van der Waals surface area contributed by atoms with Crippen molar-refractivity contribution >= 4 is 31.9 Å². The van der Waals surface area contributed by atoms with Crippen LogP contribution in [-0.4, -0.2) is 10.1 Å². The van der Waals surface area contributed by atoms with Gasteiger partial charge in [-0.3, -0.25) is 4.98 Å². The molecule has 1 atom stereocenters. The molecular weight excluding hydrogens is 415 g/mol. The Morgan fingerprint density at radius 2 is 1.90 bits per heavy atom. The maximum Gasteiger partial charge on any atom is 0.416 e. The fourth-order valence-corrected chi connectivity index (χ4v) is 3.12. The highest BCUT2D eigenvalue weighted by molar-refractivity contribution is 9.11. The van der Waals surface area contributed by atoms with E-state index in [-0.39, 0.29) is 6.42 Å². The van der Waals surface area contributed by atoms with Gasteiger partial charge in [-0.15, -0.1) is 0 Å². The molecule has 0 bridgehead atoms. The van der Waals surface area contributed by atoms with Gasteiger partial charge in [0.15, 0.2) is 0 Å². The molecule has 0 spiro atoms. The molecule has 1 aromatic carbocycles. The Morgan fingerprint density at radius 3 is 2.52 bits per heavy atom. The summed E-state index contributed by atoms with van der Waals surface area (Å²) in [6.07, 6.45) is -3.81. The molecule has 21 heavy (non-hydrogen) atoms. The average molecular weight is 425 g/mol. The molecule has 1 N–H and O–H groups in total. The van der Waals surface area contributed by atoms with Crippen LogP contribution in [0.25, 0.3) is 0 Å². The minimum Gasteiger partial charge on any atom is -0.386 e. The lowest BCUT2D eigenvalue weighted by Crippen LogP contribution is -2.08. The Hall–Kier alpha value is -0.920. The van der Waals surface area contributed by atoms with Crippen molar-refractivity contribution in [3.8, 4) is 0 Å². The number of nitrogens with zero attached hydrogens (tertiary/aromatic N) is 1. The van der Waals surface area contributed by atoms with Gasteiger partial charge in [0, 0.05) is 21.6 Å². The largest absolute Gasteiger partial charge is 0.416 e. The van der Waals surface area contributed by atoms with Gasteiger partial charge in [0.1, 0.15) is 6.10 Å². The quantitative estimate of drug-likeness (QED) is 0.759. The van der Waals surface area contributed by atoms with Crippen LogP contribution < -0.4 is 0 Å². The number of pyridine rings is 1. The number of benzene rings is 1. The van der Waals surface area contributed by atoms with Crippen LogP contribution in [0.15, 0.2) is 45.5 Å². The van der Waals surface area contributed by atoms with Crippen LogP contribution in [-0.2, 0) is 12.6 Å². The van der Waals surface area contributed by atoms with Crippen LogP contribution in [0, 0.1) is 0 Å². The van der Waals surface area contributed by atoms with Gasteiger partial charge in [0.25, 0.3) is 0 Å². The summed E-state index contributed by atoms with van der Waals surface area (Å²) in [5.41, 5.74) is 0.0552. The summed E-state index contributed by atoms with van der Waals surface area (Å²) in [5.74, 6) is 0. The molecule has 2 rings (SSSR count). The second kappa shape index (κ2) is 6.46. The Kier molecular flexibility index (Phi) is 5.06. The smallest absolute Gasteiger partial charge is 0.386 e. The molecule has 0 radical (unpaired) electrons. The van der Waals surface area contributed by atoms with Crippen molar-refractivity contribution < 1.29 is 18.3 Å². The lowest BCUT2D eigenvalue weighted by molar-refractivity contribution is -0.137. The van der Waals surface area contributed by atoms with Crippen LogP contribution in [0.4, 0.5) is 13.2 Å². The van der Waals surface area contributed by atoms with E-state index in [4.69, 9.17) is 0 Å². The second-order valence-corrected chi connectivity index (χ2v) is 6.21. The molecule has 2 nitrogen and oxygen atoms in total. The average Bonchev–Trinajstić information content (AvgIpc) is 2.37. The summed E-state index contributed by atoms with van der Waals surface area (Å²) >= 11 is 6.52. The van der Waals surface area contributed by atoms with Crippen molar-refractivity contribution in [2.45, 2.75) is 18.7 Å². The molecule has 1 unspecified atom stereocenters. The van der Waals surface area contributed by atoms with E-state index in [9.17, 15) is 18.3 Å². The molecule has 0 saturated heterocycles. The number of halogens is 5. The number of aliphatic hydroxyl groups is 1. The number of aromatic nitrogens is 1. The zero-order valence-electron chi connectivity index (χ0n) is 10.5. The molecule has 0 aliphatic heterocycles. The summed E-state index contributed by atoms with van der Waals surface area (Å²) in [5, 5.41) is 10.2. The molecule has 0 aliphatic carbocycles. The maximum absolute atomic E-state index is 12.6. The first-order valence-electron chi connectivity index (χ1n) is 5.92. The van der Waals surface area contributed by atoms with Crippen LogP contribution in [0.5, 0.6) is 0 Å². The third-order valence-corrected chi connectivity index (χ3v) is 3.90. The van der Waals surface area contributed by atoms with Crippen LogP contribution in [0.2, 0.25) is 0 Å². The SMILES string of the molecule is OC(Cc1cccc(C(F)(F)F)c1)c1ncc(Br)cc1Br. The first-order valence-corrected chi connectivity index (χ1v) is 7.51. The highest BCUT2D eigenvalue weighted by Gasteiger charge is 2.30. The number of hydrogen-bond donors (Lipinski definition) is 1. The Balaban J connectivity index is 2.21. The molecular formula is C14H10Br2F3NO. The fourth-order valence-electron chi connectivity index (χ4n) is 1.86. The predicted octanol–water partition coefficient (Wildman–Crippen LogP) is 4.90. The molecule has 1 heterocycles. The third-order valence-electron chi connectivity index (χ3n) is 2.84. The zero-order valence-corrected chi connectivity index (χ0v) is 13.7. The first-order chi connectivity index (χ1) is 9.77. The maximum atomic E-state index is 12.6.